The van der Waals surface area contributed by atoms with Crippen molar-refractivity contribution in [2.45, 2.75) is 33.5 Å². The molecule has 0 aliphatic heterocycles. The maximum absolute atomic E-state index is 12.8. The number of pyridine rings is 1. The van der Waals surface area contributed by atoms with Crippen molar-refractivity contribution in [2.75, 3.05) is 11.2 Å². The van der Waals surface area contributed by atoms with Crippen molar-refractivity contribution < 1.29 is 14.3 Å². The number of rotatable bonds is 8. The van der Waals surface area contributed by atoms with Gasteiger partial charge in [-0.05, 0) is 43.7 Å². The van der Waals surface area contributed by atoms with E-state index in [1.54, 1.807) is 37.3 Å². The number of halogens is 2. The zero-order valence-electron chi connectivity index (χ0n) is 18.9. The summed E-state index contributed by atoms with van der Waals surface area (Å²) in [5, 5.41) is 3.40. The molecular formula is C22H23Cl2N7O4. The molecule has 0 fully saturated rings. The largest absolute Gasteiger partial charge is 0.443 e. The third kappa shape index (κ3) is 7.08. The molecule has 184 valence electrons. The van der Waals surface area contributed by atoms with Crippen molar-refractivity contribution in [2.24, 2.45) is 0 Å². The Labute approximate surface area is 210 Å². The number of carbonyl (C=O) groups excluding carboxylic acids is 2. The second kappa shape index (κ2) is 11.5. The Morgan fingerprint density at radius 2 is 1.91 bits per heavy atom. The molecule has 2 aromatic heterocycles. The van der Waals surface area contributed by atoms with Crippen LogP contribution in [0.2, 0.25) is 10.0 Å². The van der Waals surface area contributed by atoms with Crippen molar-refractivity contribution in [1.82, 2.24) is 25.3 Å². The number of nitrogens with two attached hydrogens (primary N) is 1. The third-order valence-corrected chi connectivity index (χ3v) is 5.53. The standard InChI is InChI=1S/C22H23Cl2N7O4/c1-12-3-6-17(25)18(28-12)9-26-19(32)10-31-13(2)8-27-20(21(31)33)29-30-22(34)35-11-14-4-5-15(23)16(24)7-14/h3-8H,9-11,25H2,1-2H3,(H,26,32)(H,27,29)(H,30,34). The van der Waals surface area contributed by atoms with E-state index in [0.29, 0.717) is 32.7 Å². The van der Waals surface area contributed by atoms with Gasteiger partial charge in [0, 0.05) is 17.6 Å². The first kappa shape index (κ1) is 25.8. The van der Waals surface area contributed by atoms with Gasteiger partial charge >= 0.3 is 6.09 Å². The number of hydrazine groups is 1. The summed E-state index contributed by atoms with van der Waals surface area (Å²) in [5.41, 5.74) is 12.7. The molecule has 11 nitrogen and oxygen atoms in total. The van der Waals surface area contributed by atoms with Crippen LogP contribution in [0, 0.1) is 13.8 Å². The molecule has 2 heterocycles. The highest BCUT2D eigenvalue weighted by atomic mass is 35.5. The van der Waals surface area contributed by atoms with Gasteiger partial charge < -0.3 is 15.8 Å². The maximum atomic E-state index is 12.8. The minimum Gasteiger partial charge on any atom is -0.443 e. The molecule has 3 aromatic rings. The van der Waals surface area contributed by atoms with Gasteiger partial charge in [-0.2, -0.15) is 0 Å². The molecule has 0 saturated heterocycles. The predicted molar refractivity (Wildman–Crippen MR) is 132 cm³/mol. The van der Waals surface area contributed by atoms with Gasteiger partial charge in [-0.3, -0.25) is 24.6 Å². The van der Waals surface area contributed by atoms with Gasteiger partial charge in [0.05, 0.1) is 28.0 Å². The Morgan fingerprint density at radius 3 is 2.66 bits per heavy atom. The number of hydrogen-bond donors (Lipinski definition) is 4. The first-order valence-corrected chi connectivity index (χ1v) is 11.1. The number of anilines is 2. The zero-order chi connectivity index (χ0) is 25.5. The lowest BCUT2D eigenvalue weighted by Gasteiger charge is -2.13. The van der Waals surface area contributed by atoms with Gasteiger partial charge in [-0.1, -0.05) is 29.3 Å². The molecule has 0 bridgehead atoms. The number of carbonyl (C=O) groups is 2. The lowest BCUT2D eigenvalue weighted by Crippen LogP contribution is -2.38. The van der Waals surface area contributed by atoms with Gasteiger partial charge in [-0.15, -0.1) is 0 Å². The SMILES string of the molecule is Cc1ccc(N)c(CNC(=O)Cn2c(C)cnc(NNC(=O)OCc3ccc(Cl)c(Cl)c3)c2=O)n1. The number of aryl methyl sites for hydroxylation is 2. The number of ether oxygens (including phenoxy) is 1. The highest BCUT2D eigenvalue weighted by Crippen LogP contribution is 2.22. The van der Waals surface area contributed by atoms with Gasteiger partial charge in [-0.25, -0.2) is 15.2 Å². The molecule has 0 atom stereocenters. The smallest absolute Gasteiger partial charge is 0.426 e. The molecule has 35 heavy (non-hydrogen) atoms. The van der Waals surface area contributed by atoms with Crippen LogP contribution < -0.4 is 27.5 Å². The van der Waals surface area contributed by atoms with E-state index in [1.165, 1.54) is 10.8 Å². The summed E-state index contributed by atoms with van der Waals surface area (Å²) in [7, 11) is 0. The average Bonchev–Trinajstić information content (AvgIpc) is 2.82. The Bertz CT molecular complexity index is 1310. The number of nitrogens with one attached hydrogen (secondary N) is 3. The Kier molecular flexibility index (Phi) is 8.50. The van der Waals surface area contributed by atoms with Crippen LogP contribution in [0.5, 0.6) is 0 Å². The van der Waals surface area contributed by atoms with Crippen LogP contribution in [-0.2, 0) is 29.2 Å². The summed E-state index contributed by atoms with van der Waals surface area (Å²) < 4.78 is 6.27. The molecule has 1 aromatic carbocycles. The van der Waals surface area contributed by atoms with E-state index in [0.717, 1.165) is 5.69 Å². The molecule has 3 rings (SSSR count). The van der Waals surface area contributed by atoms with E-state index in [9.17, 15) is 14.4 Å². The Morgan fingerprint density at radius 1 is 1.14 bits per heavy atom. The molecule has 0 aliphatic rings. The highest BCUT2D eigenvalue weighted by molar-refractivity contribution is 6.42. The van der Waals surface area contributed by atoms with E-state index in [4.69, 9.17) is 33.7 Å². The molecule has 5 N–H and O–H groups in total. The molecule has 0 aliphatic carbocycles. The molecule has 13 heteroatoms. The van der Waals surface area contributed by atoms with E-state index in [1.807, 2.05) is 6.92 Å². The predicted octanol–water partition coefficient (Wildman–Crippen LogP) is 2.71. The fourth-order valence-corrected chi connectivity index (χ4v) is 3.24. The summed E-state index contributed by atoms with van der Waals surface area (Å²) in [6.07, 6.45) is 0.533. The van der Waals surface area contributed by atoms with Crippen molar-refractivity contribution in [1.29, 1.82) is 0 Å². The van der Waals surface area contributed by atoms with Crippen molar-refractivity contribution in [3.63, 3.8) is 0 Å². The number of amides is 2. The number of aromatic nitrogens is 3. The monoisotopic (exact) mass is 519 g/mol. The lowest BCUT2D eigenvalue weighted by molar-refractivity contribution is -0.121. The number of benzene rings is 1. The van der Waals surface area contributed by atoms with Crippen molar-refractivity contribution in [3.05, 3.63) is 79.6 Å². The van der Waals surface area contributed by atoms with E-state index in [2.05, 4.69) is 26.1 Å². The Hall–Kier alpha value is -3.83. The third-order valence-electron chi connectivity index (χ3n) is 4.79. The number of nitrogen functional groups attached to an aromatic ring is 1. The van der Waals surface area contributed by atoms with Crippen LogP contribution >= 0.6 is 23.2 Å². The van der Waals surface area contributed by atoms with Crippen LogP contribution in [0.1, 0.15) is 22.6 Å². The van der Waals surface area contributed by atoms with Crippen LogP contribution in [0.15, 0.2) is 41.3 Å². The van der Waals surface area contributed by atoms with E-state index in [-0.39, 0.29) is 25.5 Å². The van der Waals surface area contributed by atoms with Gasteiger partial charge in [0.1, 0.15) is 13.2 Å². The van der Waals surface area contributed by atoms with Crippen LogP contribution in [-0.4, -0.2) is 26.5 Å². The Balaban J connectivity index is 1.57. The van der Waals surface area contributed by atoms with Crippen LogP contribution in [0.3, 0.4) is 0 Å². The van der Waals surface area contributed by atoms with Gasteiger partial charge in [0.15, 0.2) is 0 Å². The fourth-order valence-electron chi connectivity index (χ4n) is 2.92. The highest BCUT2D eigenvalue weighted by Gasteiger charge is 2.13. The van der Waals surface area contributed by atoms with Gasteiger partial charge in [0.25, 0.3) is 5.56 Å². The molecule has 0 radical (unpaired) electrons. The fraction of sp³-hybridized carbons (Fsp3) is 0.227. The van der Waals surface area contributed by atoms with E-state index >= 15 is 0 Å². The average molecular weight is 520 g/mol. The minimum absolute atomic E-state index is 0.0730. The first-order valence-electron chi connectivity index (χ1n) is 10.3. The van der Waals surface area contributed by atoms with Gasteiger partial charge in [0.2, 0.25) is 11.7 Å². The maximum Gasteiger partial charge on any atom is 0.426 e. The summed E-state index contributed by atoms with van der Waals surface area (Å²) in [6.45, 7) is 3.22. The molecule has 2 amide bonds. The normalized spacial score (nSPS) is 10.5. The molecule has 0 unspecified atom stereocenters. The lowest BCUT2D eigenvalue weighted by atomic mass is 10.2. The summed E-state index contributed by atoms with van der Waals surface area (Å²) in [6, 6.07) is 8.29. The van der Waals surface area contributed by atoms with Crippen molar-refractivity contribution in [3.8, 4) is 0 Å². The number of hydrogen-bond acceptors (Lipinski definition) is 8. The van der Waals surface area contributed by atoms with E-state index < -0.39 is 17.6 Å². The van der Waals surface area contributed by atoms with Crippen LogP contribution in [0.4, 0.5) is 16.3 Å². The molecular weight excluding hydrogens is 497 g/mol. The summed E-state index contributed by atoms with van der Waals surface area (Å²) >= 11 is 11.8. The quantitative estimate of drug-likeness (QED) is 0.331. The second-order valence-corrected chi connectivity index (χ2v) is 8.29. The summed E-state index contributed by atoms with van der Waals surface area (Å²) in [5.74, 6) is -0.622. The zero-order valence-corrected chi connectivity index (χ0v) is 20.4. The summed E-state index contributed by atoms with van der Waals surface area (Å²) in [4.78, 5) is 45.4. The first-order chi connectivity index (χ1) is 16.6. The minimum atomic E-state index is -0.856. The van der Waals surface area contributed by atoms with Crippen molar-refractivity contribution >= 4 is 46.7 Å². The number of nitrogens with zero attached hydrogens (tertiary/aromatic N) is 3. The topological polar surface area (TPSA) is 153 Å². The molecule has 0 saturated carbocycles. The molecule has 0 spiro atoms. The van der Waals surface area contributed by atoms with Crippen LogP contribution in [0.25, 0.3) is 0 Å². The second-order valence-electron chi connectivity index (χ2n) is 7.48.